The fourth-order valence-electron chi connectivity index (χ4n) is 9.87. The van der Waals surface area contributed by atoms with Crippen LogP contribution < -0.4 is 9.47 Å². The summed E-state index contributed by atoms with van der Waals surface area (Å²) in [5.41, 5.74) is -0.0127. The van der Waals surface area contributed by atoms with E-state index in [0.29, 0.717) is 33.7 Å². The highest BCUT2D eigenvalue weighted by molar-refractivity contribution is 6.30. The maximum atomic E-state index is 16.3. The van der Waals surface area contributed by atoms with Crippen LogP contribution in [0.5, 0.6) is 11.8 Å². The second-order valence-electron chi connectivity index (χ2n) is 21.8. The fourth-order valence-corrected chi connectivity index (χ4v) is 10.2. The third-order valence-corrected chi connectivity index (χ3v) is 16.2. The summed E-state index contributed by atoms with van der Waals surface area (Å²) >= 11 is 11.8. The van der Waals surface area contributed by atoms with E-state index in [1.54, 1.807) is 33.4 Å². The lowest BCUT2D eigenvalue weighted by Crippen LogP contribution is -2.34. The van der Waals surface area contributed by atoms with Crippen LogP contribution in [0.3, 0.4) is 0 Å². The molecule has 0 saturated heterocycles. The Morgan fingerprint density at radius 1 is 0.483 bits per heavy atom. The molecule has 0 N–H and O–H groups in total. The highest BCUT2D eigenvalue weighted by Crippen LogP contribution is 2.37. The molecule has 0 amide bonds. The molecule has 2 unspecified atom stereocenters. The van der Waals surface area contributed by atoms with Gasteiger partial charge < -0.3 is 32.8 Å². The van der Waals surface area contributed by atoms with Crippen molar-refractivity contribution in [1.29, 1.82) is 0 Å². The van der Waals surface area contributed by atoms with Crippen LogP contribution in [0.2, 0.25) is 10.0 Å². The van der Waals surface area contributed by atoms with Gasteiger partial charge in [-0.1, -0.05) is 47.5 Å². The molecule has 10 rings (SSSR count). The van der Waals surface area contributed by atoms with Crippen LogP contribution in [0.4, 0.5) is 26.3 Å². The first-order chi connectivity index (χ1) is 41.4. The minimum Gasteiger partial charge on any atom is -0.473 e. The van der Waals surface area contributed by atoms with Crippen LogP contribution in [0, 0.1) is 34.9 Å². The third kappa shape index (κ3) is 13.1. The van der Waals surface area contributed by atoms with Gasteiger partial charge in [0, 0.05) is 71.5 Å². The minimum atomic E-state index is -1.01. The molecule has 2 atom stereocenters. The molecule has 0 aliphatic carbocycles. The lowest BCUT2D eigenvalue weighted by atomic mass is 9.99. The van der Waals surface area contributed by atoms with Crippen molar-refractivity contribution in [2.75, 3.05) is 14.2 Å². The molecule has 4 aromatic heterocycles. The van der Waals surface area contributed by atoms with E-state index in [0.717, 1.165) is 36.4 Å². The van der Waals surface area contributed by atoms with Crippen molar-refractivity contribution in [2.24, 2.45) is 0 Å². The molecule has 10 aromatic rings. The second kappa shape index (κ2) is 25.0. The Bertz CT molecular complexity index is 4040. The zero-order valence-corrected chi connectivity index (χ0v) is 49.8. The summed E-state index contributed by atoms with van der Waals surface area (Å²) in [7, 11) is 3.06. The summed E-state index contributed by atoms with van der Waals surface area (Å²) in [6, 6.07) is 29.5. The lowest BCUT2D eigenvalue weighted by Gasteiger charge is -2.33. The monoisotopic (exact) mass is 1230 g/mol. The average molecular weight is 1230 g/mol. The Balaban J connectivity index is 0.896. The summed E-state index contributed by atoms with van der Waals surface area (Å²) in [6.07, 6.45) is -0.408. The number of fused-ring (bicyclic) bond motifs is 2. The average Bonchev–Trinajstić information content (AvgIpc) is 1.78. The number of halogens is 8. The third-order valence-electron chi connectivity index (χ3n) is 15.8. The first kappa shape index (κ1) is 61.5. The number of rotatable bonds is 20. The number of methoxy groups -OCH3 is 2. The Labute approximate surface area is 506 Å². The van der Waals surface area contributed by atoms with E-state index < -0.39 is 70.1 Å². The molecule has 0 bridgehead atoms. The van der Waals surface area contributed by atoms with Crippen molar-refractivity contribution in [3.63, 3.8) is 0 Å². The van der Waals surface area contributed by atoms with E-state index in [1.807, 2.05) is 41.5 Å². The molecule has 0 radical (unpaired) electrons. The van der Waals surface area contributed by atoms with E-state index in [2.05, 4.69) is 9.97 Å². The number of nitrogens with zero attached hydrogens (tertiary/aromatic N) is 6. The zero-order chi connectivity index (χ0) is 62.2. The molecule has 13 nitrogen and oxygen atoms in total. The number of benzene rings is 6. The van der Waals surface area contributed by atoms with Gasteiger partial charge in [0.15, 0.2) is 0 Å². The van der Waals surface area contributed by atoms with Gasteiger partial charge in [-0.3, -0.25) is 0 Å². The van der Waals surface area contributed by atoms with Gasteiger partial charge in [0.1, 0.15) is 59.8 Å². The topological polar surface area (TPSA) is 142 Å². The van der Waals surface area contributed by atoms with E-state index in [1.165, 1.54) is 87.0 Å². The molecule has 87 heavy (non-hydrogen) atoms. The van der Waals surface area contributed by atoms with Crippen LogP contribution in [-0.2, 0) is 40.3 Å². The molecule has 448 valence electrons. The van der Waals surface area contributed by atoms with E-state index in [9.17, 15) is 18.4 Å². The summed E-state index contributed by atoms with van der Waals surface area (Å²) in [5.74, 6) is -5.55. The molecule has 4 heterocycles. The maximum Gasteiger partial charge on any atom is 0.346 e. The fraction of sp³-hybridized carbons (Fsp3) is 0.242. The number of aromatic nitrogens is 6. The predicted octanol–water partition coefficient (Wildman–Crippen LogP) is 16.0. The van der Waals surface area contributed by atoms with Crippen LogP contribution in [0.25, 0.3) is 44.6 Å². The van der Waals surface area contributed by atoms with Gasteiger partial charge >= 0.3 is 11.9 Å². The van der Waals surface area contributed by atoms with Gasteiger partial charge in [-0.25, -0.2) is 55.9 Å². The van der Waals surface area contributed by atoms with Crippen LogP contribution in [0.1, 0.15) is 108 Å². The molecular formula is C66H56Cl2F6N6O7. The first-order valence-corrected chi connectivity index (χ1v) is 28.1. The first-order valence-electron chi connectivity index (χ1n) is 27.3. The number of pyridine rings is 2. The maximum absolute atomic E-state index is 16.3. The largest absolute Gasteiger partial charge is 0.473 e. The predicted molar refractivity (Wildman–Crippen MR) is 317 cm³/mol. The van der Waals surface area contributed by atoms with Gasteiger partial charge in [-0.05, 0) is 150 Å². The standard InChI is InChI=1S/C66H56Cl2F6N6O7/c1-35(65(3,4)83-7)79-57-25-37(17-21-55(57)75-59(79)27-41-23-51(73)45(31-49(41)71)53-11-9-13-61(77-53)85-33-39-15-19-43(67)29-47(39)69)63(81)87-64(82)38-18-22-56-58(26-38)80(36(2)66(5,6)84-8)60(76-56)28-42-24-52(74)46(32-50(42)72)54-12-10-14-62(78-54)86-34-40-16-20-44(68)30-48(40)70/h9-26,29-32,35-36H,27-28,33-34H2,1-8H3. The Kier molecular flexibility index (Phi) is 17.7. The summed E-state index contributed by atoms with van der Waals surface area (Å²) < 4.78 is 126. The number of carbonyl (C=O) groups excluding carboxylic acids is 2. The van der Waals surface area contributed by atoms with Crippen LogP contribution in [-0.4, -0.2) is 66.4 Å². The van der Waals surface area contributed by atoms with Gasteiger partial charge in [-0.15, -0.1) is 0 Å². The van der Waals surface area contributed by atoms with Gasteiger partial charge in [0.05, 0.1) is 67.9 Å². The summed E-state index contributed by atoms with van der Waals surface area (Å²) in [4.78, 5) is 46.4. The highest BCUT2D eigenvalue weighted by Gasteiger charge is 2.33. The number of carbonyl (C=O) groups is 2. The highest BCUT2D eigenvalue weighted by atomic mass is 35.5. The van der Waals surface area contributed by atoms with E-state index >= 15 is 17.6 Å². The van der Waals surface area contributed by atoms with Crippen molar-refractivity contribution in [2.45, 2.75) is 90.9 Å². The molecule has 0 saturated carbocycles. The smallest absolute Gasteiger partial charge is 0.346 e. The molecule has 0 aliphatic heterocycles. The number of esters is 2. The van der Waals surface area contributed by atoms with Crippen molar-refractivity contribution in [3.05, 3.63) is 223 Å². The number of ether oxygens (including phenoxy) is 5. The SMILES string of the molecule is COC(C)(C)C(C)n1c(Cc2cc(F)c(-c3cccc(OCc4ccc(Cl)cc4F)n3)cc2F)nc2ccc(C(=O)OC(=O)c3ccc4nc(Cc5cc(F)c(-c6cccc(OCc7ccc(Cl)cc7F)n6)cc5F)n(C(C)C(C)(C)OC)c4c3)cc21. The number of hydrogen-bond donors (Lipinski definition) is 0. The van der Waals surface area contributed by atoms with Gasteiger partial charge in [0.2, 0.25) is 11.8 Å². The molecular weight excluding hydrogens is 1170 g/mol. The molecule has 0 spiro atoms. The second-order valence-corrected chi connectivity index (χ2v) is 22.7. The Hall–Kier alpha value is -8.62. The Morgan fingerprint density at radius 2 is 0.874 bits per heavy atom. The number of hydrogen-bond acceptors (Lipinski definition) is 11. The van der Waals surface area contributed by atoms with Crippen molar-refractivity contribution in [3.8, 4) is 34.3 Å². The molecule has 21 heteroatoms. The quantitative estimate of drug-likeness (QED) is 0.0409. The van der Waals surface area contributed by atoms with Crippen LogP contribution in [0.15, 0.2) is 133 Å². The molecule has 0 fully saturated rings. The van der Waals surface area contributed by atoms with E-state index in [4.69, 9.17) is 56.9 Å². The van der Waals surface area contributed by atoms with Crippen LogP contribution >= 0.6 is 23.2 Å². The van der Waals surface area contributed by atoms with Gasteiger partial charge in [0.25, 0.3) is 0 Å². The Morgan fingerprint density at radius 3 is 1.25 bits per heavy atom. The summed E-state index contributed by atoms with van der Waals surface area (Å²) in [5, 5.41) is 0.442. The van der Waals surface area contributed by atoms with E-state index in [-0.39, 0.29) is 104 Å². The molecule has 0 aliphatic rings. The number of imidazole rings is 2. The van der Waals surface area contributed by atoms with Crippen molar-refractivity contribution in [1.82, 2.24) is 29.1 Å². The van der Waals surface area contributed by atoms with Crippen molar-refractivity contribution >= 4 is 57.2 Å². The lowest BCUT2D eigenvalue weighted by molar-refractivity contribution is -0.0162. The zero-order valence-electron chi connectivity index (χ0n) is 48.2. The summed E-state index contributed by atoms with van der Waals surface area (Å²) in [6.45, 7) is 10.7. The molecule has 6 aromatic carbocycles. The minimum absolute atomic E-state index is 0.0311. The van der Waals surface area contributed by atoms with Gasteiger partial charge in [-0.2, -0.15) is 0 Å². The normalized spacial score (nSPS) is 12.6. The van der Waals surface area contributed by atoms with Crippen molar-refractivity contribution < 1.29 is 59.6 Å².